The molecule has 0 amide bonds. The van der Waals surface area contributed by atoms with Crippen LogP contribution in [0.1, 0.15) is 49.8 Å². The molecular weight excluding hydrogens is 332 g/mol. The Hall–Kier alpha value is -2.92. The van der Waals surface area contributed by atoms with Crippen LogP contribution in [0.5, 0.6) is 0 Å². The molecule has 0 bridgehead atoms. The van der Waals surface area contributed by atoms with Gasteiger partial charge < -0.3 is 4.74 Å². The van der Waals surface area contributed by atoms with Crippen LogP contribution in [0, 0.1) is 11.3 Å². The average Bonchev–Trinajstić information content (AvgIpc) is 3.29. The molecule has 8 heteroatoms. The van der Waals surface area contributed by atoms with Crippen molar-refractivity contribution in [2.24, 2.45) is 0 Å². The summed E-state index contributed by atoms with van der Waals surface area (Å²) in [7, 11) is 0. The molecule has 8 nitrogen and oxygen atoms in total. The van der Waals surface area contributed by atoms with Crippen LogP contribution in [0.3, 0.4) is 0 Å². The van der Waals surface area contributed by atoms with Crippen LogP contribution in [0.15, 0.2) is 23.4 Å². The third-order valence-electron chi connectivity index (χ3n) is 4.83. The van der Waals surface area contributed by atoms with Crippen molar-refractivity contribution in [3.05, 3.63) is 40.1 Å². The van der Waals surface area contributed by atoms with Crippen molar-refractivity contribution in [3.63, 3.8) is 0 Å². The Morgan fingerprint density at radius 3 is 2.85 bits per heavy atom. The Morgan fingerprint density at radius 2 is 2.15 bits per heavy atom. The van der Waals surface area contributed by atoms with Crippen molar-refractivity contribution in [3.8, 4) is 17.3 Å². The van der Waals surface area contributed by atoms with Crippen LogP contribution in [-0.2, 0) is 4.74 Å². The van der Waals surface area contributed by atoms with Gasteiger partial charge in [-0.1, -0.05) is 13.8 Å². The van der Waals surface area contributed by atoms with Crippen LogP contribution < -0.4 is 5.56 Å². The SMILES string of the molecule is CC(C)c1c(-c2cnn(C3CCOCC3)c2)nc2c(C#N)c[nH]n2c1=O. The van der Waals surface area contributed by atoms with Crippen LogP contribution >= 0.6 is 0 Å². The summed E-state index contributed by atoms with van der Waals surface area (Å²) in [6.45, 7) is 5.39. The minimum absolute atomic E-state index is 0.0119. The second-order valence-corrected chi connectivity index (χ2v) is 6.84. The van der Waals surface area contributed by atoms with Gasteiger partial charge in [0.2, 0.25) is 0 Å². The van der Waals surface area contributed by atoms with Gasteiger partial charge in [0.15, 0.2) is 5.65 Å². The average molecular weight is 352 g/mol. The predicted octanol–water partition coefficient (Wildman–Crippen LogP) is 2.23. The van der Waals surface area contributed by atoms with Crippen molar-refractivity contribution in [1.29, 1.82) is 5.26 Å². The largest absolute Gasteiger partial charge is 0.381 e. The van der Waals surface area contributed by atoms with Crippen molar-refractivity contribution in [2.75, 3.05) is 13.2 Å². The van der Waals surface area contributed by atoms with Gasteiger partial charge in [-0.15, -0.1) is 0 Å². The molecule has 3 aromatic heterocycles. The van der Waals surface area contributed by atoms with E-state index in [1.54, 1.807) is 6.20 Å². The fraction of sp³-hybridized carbons (Fsp3) is 0.444. The van der Waals surface area contributed by atoms with Gasteiger partial charge in [-0.25, -0.2) is 9.50 Å². The number of hydrogen-bond donors (Lipinski definition) is 1. The summed E-state index contributed by atoms with van der Waals surface area (Å²) in [5.41, 5.74) is 2.51. The Balaban J connectivity index is 1.87. The standard InChI is InChI=1S/C18H20N6O2/c1-11(2)15-16(22-17-12(7-19)8-21-24(17)18(15)25)13-9-20-23(10-13)14-3-5-26-6-4-14/h8-11,14,21H,3-6H2,1-2H3. The fourth-order valence-electron chi connectivity index (χ4n) is 3.46. The third kappa shape index (κ3) is 2.61. The first-order valence-corrected chi connectivity index (χ1v) is 8.76. The van der Waals surface area contributed by atoms with Crippen molar-refractivity contribution in [1.82, 2.24) is 24.4 Å². The first kappa shape index (κ1) is 16.5. The Kier molecular flexibility index (Phi) is 4.09. The zero-order valence-electron chi connectivity index (χ0n) is 14.8. The normalized spacial score (nSPS) is 15.6. The highest BCUT2D eigenvalue weighted by atomic mass is 16.5. The van der Waals surface area contributed by atoms with E-state index in [4.69, 9.17) is 4.74 Å². The molecule has 26 heavy (non-hydrogen) atoms. The van der Waals surface area contributed by atoms with Crippen molar-refractivity contribution in [2.45, 2.75) is 38.6 Å². The van der Waals surface area contributed by atoms with Gasteiger partial charge in [-0.3, -0.25) is 14.6 Å². The Bertz CT molecular complexity index is 1050. The highest BCUT2D eigenvalue weighted by molar-refractivity contribution is 5.67. The maximum atomic E-state index is 12.9. The first-order chi connectivity index (χ1) is 12.6. The van der Waals surface area contributed by atoms with Gasteiger partial charge in [-0.05, 0) is 18.8 Å². The third-order valence-corrected chi connectivity index (χ3v) is 4.83. The summed E-state index contributed by atoms with van der Waals surface area (Å²) in [5, 5.41) is 16.6. The number of aromatic nitrogens is 5. The first-order valence-electron chi connectivity index (χ1n) is 8.76. The van der Waals surface area contributed by atoms with Gasteiger partial charge in [0, 0.05) is 36.7 Å². The maximum absolute atomic E-state index is 12.9. The number of nitrogens with zero attached hydrogens (tertiary/aromatic N) is 5. The van der Waals surface area contributed by atoms with E-state index in [1.165, 1.54) is 10.7 Å². The molecular formula is C18H20N6O2. The van der Waals surface area contributed by atoms with Crippen molar-refractivity contribution >= 4 is 5.65 Å². The van der Waals surface area contributed by atoms with E-state index in [9.17, 15) is 10.1 Å². The van der Waals surface area contributed by atoms with Crippen LogP contribution in [-0.4, -0.2) is 37.6 Å². The van der Waals surface area contributed by atoms with E-state index in [0.717, 1.165) is 31.6 Å². The summed E-state index contributed by atoms with van der Waals surface area (Å²) in [5.74, 6) is -0.0119. The van der Waals surface area contributed by atoms with E-state index in [1.807, 2.05) is 24.7 Å². The molecule has 0 spiro atoms. The smallest absolute Gasteiger partial charge is 0.276 e. The minimum atomic E-state index is -0.180. The Labute approximate surface area is 150 Å². The van der Waals surface area contributed by atoms with Gasteiger partial charge in [0.25, 0.3) is 5.56 Å². The highest BCUT2D eigenvalue weighted by Crippen LogP contribution is 2.28. The summed E-state index contributed by atoms with van der Waals surface area (Å²) in [6, 6.07) is 2.37. The molecule has 0 aromatic carbocycles. The summed E-state index contributed by atoms with van der Waals surface area (Å²) < 4.78 is 8.68. The fourth-order valence-corrected chi connectivity index (χ4v) is 3.46. The number of nitriles is 1. The van der Waals surface area contributed by atoms with Crippen LogP contribution in [0.2, 0.25) is 0 Å². The molecule has 1 aliphatic rings. The summed E-state index contributed by atoms with van der Waals surface area (Å²) >= 11 is 0. The molecule has 4 rings (SSSR count). The number of nitrogens with one attached hydrogen (secondary N) is 1. The minimum Gasteiger partial charge on any atom is -0.381 e. The van der Waals surface area contributed by atoms with Crippen LogP contribution in [0.4, 0.5) is 0 Å². The second-order valence-electron chi connectivity index (χ2n) is 6.84. The molecule has 0 unspecified atom stereocenters. The molecule has 0 radical (unpaired) electrons. The van der Waals surface area contributed by atoms with Gasteiger partial charge in [0.05, 0.1) is 17.9 Å². The molecule has 0 atom stereocenters. The number of hydrogen-bond acceptors (Lipinski definition) is 5. The monoisotopic (exact) mass is 352 g/mol. The highest BCUT2D eigenvalue weighted by Gasteiger charge is 2.22. The molecule has 1 saturated heterocycles. The lowest BCUT2D eigenvalue weighted by Gasteiger charge is -2.22. The maximum Gasteiger partial charge on any atom is 0.276 e. The predicted molar refractivity (Wildman–Crippen MR) is 94.9 cm³/mol. The van der Waals surface area contributed by atoms with E-state index >= 15 is 0 Å². The summed E-state index contributed by atoms with van der Waals surface area (Å²) in [4.78, 5) is 17.6. The molecule has 1 N–H and O–H groups in total. The van der Waals surface area contributed by atoms with E-state index in [0.29, 0.717) is 28.5 Å². The van der Waals surface area contributed by atoms with E-state index in [-0.39, 0.29) is 11.5 Å². The molecule has 1 aliphatic heterocycles. The number of ether oxygens (including phenoxy) is 1. The van der Waals surface area contributed by atoms with Crippen molar-refractivity contribution < 1.29 is 4.74 Å². The molecule has 4 heterocycles. The number of rotatable bonds is 3. The van der Waals surface area contributed by atoms with Crippen LogP contribution in [0.25, 0.3) is 16.9 Å². The Morgan fingerprint density at radius 1 is 1.38 bits per heavy atom. The van der Waals surface area contributed by atoms with E-state index < -0.39 is 0 Å². The lowest BCUT2D eigenvalue weighted by Crippen LogP contribution is -2.22. The summed E-state index contributed by atoms with van der Waals surface area (Å²) in [6.07, 6.45) is 7.04. The quantitative estimate of drug-likeness (QED) is 0.779. The molecule has 0 saturated carbocycles. The zero-order valence-corrected chi connectivity index (χ0v) is 14.8. The second kappa shape index (κ2) is 6.42. The lowest BCUT2D eigenvalue weighted by molar-refractivity contribution is 0.0662. The molecule has 0 aliphatic carbocycles. The molecule has 134 valence electrons. The number of fused-ring (bicyclic) bond motifs is 1. The molecule has 1 fully saturated rings. The molecule has 3 aromatic rings. The topological polar surface area (TPSA) is 101 Å². The van der Waals surface area contributed by atoms with Gasteiger partial charge in [0.1, 0.15) is 11.6 Å². The van der Waals surface area contributed by atoms with Gasteiger partial charge in [-0.2, -0.15) is 10.4 Å². The number of H-pyrrole nitrogens is 1. The zero-order chi connectivity index (χ0) is 18.3. The van der Waals surface area contributed by atoms with E-state index in [2.05, 4.69) is 21.3 Å². The van der Waals surface area contributed by atoms with Gasteiger partial charge >= 0.3 is 0 Å². The number of aromatic amines is 1. The lowest BCUT2D eigenvalue weighted by atomic mass is 10.00.